The number of benzene rings is 1. The molecule has 9 heteroatoms. The number of hydrogen-bond acceptors (Lipinski definition) is 7. The van der Waals surface area contributed by atoms with E-state index in [0.29, 0.717) is 18.7 Å². The first kappa shape index (κ1) is 20.6. The van der Waals surface area contributed by atoms with E-state index in [1.54, 1.807) is 0 Å². The third kappa shape index (κ3) is 3.86. The van der Waals surface area contributed by atoms with Crippen molar-refractivity contribution in [1.29, 1.82) is 0 Å². The number of piperazine rings is 1. The summed E-state index contributed by atoms with van der Waals surface area (Å²) in [7, 11) is 0. The van der Waals surface area contributed by atoms with E-state index in [-0.39, 0.29) is 29.3 Å². The molecule has 1 aliphatic heterocycles. The van der Waals surface area contributed by atoms with Gasteiger partial charge in [0.05, 0.1) is 5.75 Å². The molecule has 30 heavy (non-hydrogen) atoms. The smallest absolute Gasteiger partial charge is 0.277 e. The summed E-state index contributed by atoms with van der Waals surface area (Å²) in [4.78, 5) is 39.0. The van der Waals surface area contributed by atoms with Gasteiger partial charge in [-0.05, 0) is 49.9 Å². The standard InChI is InChI=1S/C21H24N4O4S/c1-13-6-7-15(10-14(13)2)18-23-24-20(29-18)30-12-17(27)25-11-16(26)22-19(28)21(25)8-4-3-5-9-21/h6-7,10H,3-5,8-9,11-12H2,1-2H3,(H,22,26,28). The van der Waals surface area contributed by atoms with Crippen molar-refractivity contribution in [2.45, 2.75) is 56.7 Å². The van der Waals surface area contributed by atoms with Gasteiger partial charge in [0.15, 0.2) is 0 Å². The predicted octanol–water partition coefficient (Wildman–Crippen LogP) is 2.63. The van der Waals surface area contributed by atoms with E-state index >= 15 is 0 Å². The minimum absolute atomic E-state index is 0.0247. The zero-order valence-corrected chi connectivity index (χ0v) is 17.9. The van der Waals surface area contributed by atoms with Crippen molar-refractivity contribution in [3.63, 3.8) is 0 Å². The topological polar surface area (TPSA) is 105 Å². The summed E-state index contributed by atoms with van der Waals surface area (Å²) < 4.78 is 5.71. The van der Waals surface area contributed by atoms with E-state index in [1.807, 2.05) is 32.0 Å². The Morgan fingerprint density at radius 3 is 2.67 bits per heavy atom. The Hall–Kier alpha value is -2.68. The van der Waals surface area contributed by atoms with Crippen LogP contribution in [0.1, 0.15) is 43.2 Å². The number of rotatable bonds is 4. The van der Waals surface area contributed by atoms with Crippen LogP contribution in [-0.4, -0.2) is 50.7 Å². The first-order chi connectivity index (χ1) is 14.4. The van der Waals surface area contributed by atoms with Crippen molar-refractivity contribution >= 4 is 29.5 Å². The molecule has 1 aliphatic carbocycles. The number of nitrogens with one attached hydrogen (secondary N) is 1. The maximum atomic E-state index is 13.0. The van der Waals surface area contributed by atoms with Gasteiger partial charge in [-0.2, -0.15) is 0 Å². The summed E-state index contributed by atoms with van der Waals surface area (Å²) in [6, 6.07) is 5.89. The Bertz CT molecular complexity index is 997. The molecule has 1 aromatic carbocycles. The lowest BCUT2D eigenvalue weighted by molar-refractivity contribution is -0.158. The van der Waals surface area contributed by atoms with Gasteiger partial charge in [0.1, 0.15) is 12.1 Å². The molecular formula is C21H24N4O4S. The molecule has 0 unspecified atom stereocenters. The highest BCUT2D eigenvalue weighted by molar-refractivity contribution is 7.99. The van der Waals surface area contributed by atoms with E-state index in [2.05, 4.69) is 15.5 Å². The van der Waals surface area contributed by atoms with E-state index in [0.717, 1.165) is 42.2 Å². The Labute approximate surface area is 178 Å². The Kier molecular flexibility index (Phi) is 5.64. The molecule has 2 aromatic rings. The highest BCUT2D eigenvalue weighted by atomic mass is 32.2. The molecule has 0 bridgehead atoms. The van der Waals surface area contributed by atoms with Crippen LogP contribution < -0.4 is 5.32 Å². The van der Waals surface area contributed by atoms with Gasteiger partial charge in [-0.15, -0.1) is 10.2 Å². The highest BCUT2D eigenvalue weighted by Crippen LogP contribution is 2.36. The molecule has 1 aromatic heterocycles. The lowest BCUT2D eigenvalue weighted by Crippen LogP contribution is -2.69. The third-order valence-corrected chi connectivity index (χ3v) is 6.76. The van der Waals surface area contributed by atoms with Crippen LogP contribution >= 0.6 is 11.8 Å². The molecule has 1 saturated carbocycles. The molecule has 1 saturated heterocycles. The highest BCUT2D eigenvalue weighted by Gasteiger charge is 2.50. The number of imide groups is 1. The van der Waals surface area contributed by atoms with Gasteiger partial charge in [-0.3, -0.25) is 19.7 Å². The number of aryl methyl sites for hydroxylation is 2. The largest absolute Gasteiger partial charge is 0.411 e. The van der Waals surface area contributed by atoms with Crippen molar-refractivity contribution in [1.82, 2.24) is 20.4 Å². The number of aromatic nitrogens is 2. The predicted molar refractivity (Wildman–Crippen MR) is 111 cm³/mol. The lowest BCUT2D eigenvalue weighted by Gasteiger charge is -2.47. The number of thioether (sulfide) groups is 1. The van der Waals surface area contributed by atoms with E-state index in [9.17, 15) is 14.4 Å². The second kappa shape index (κ2) is 8.22. The zero-order valence-electron chi connectivity index (χ0n) is 17.1. The van der Waals surface area contributed by atoms with Crippen LogP contribution in [-0.2, 0) is 14.4 Å². The van der Waals surface area contributed by atoms with Gasteiger partial charge in [-0.1, -0.05) is 37.1 Å². The Balaban J connectivity index is 1.46. The maximum Gasteiger partial charge on any atom is 0.277 e. The van der Waals surface area contributed by atoms with E-state index < -0.39 is 11.4 Å². The maximum absolute atomic E-state index is 13.0. The summed E-state index contributed by atoms with van der Waals surface area (Å²) >= 11 is 1.12. The number of carbonyl (C=O) groups excluding carboxylic acids is 3. The Morgan fingerprint density at radius 2 is 1.93 bits per heavy atom. The van der Waals surface area contributed by atoms with E-state index in [1.165, 1.54) is 10.5 Å². The van der Waals surface area contributed by atoms with Crippen molar-refractivity contribution in [2.24, 2.45) is 0 Å². The molecule has 4 rings (SSSR count). The molecule has 1 spiro atoms. The molecule has 0 atom stereocenters. The molecule has 2 heterocycles. The molecule has 2 aliphatic rings. The fourth-order valence-corrected chi connectivity index (χ4v) is 4.76. The molecule has 3 amide bonds. The van der Waals surface area contributed by atoms with Crippen molar-refractivity contribution in [2.75, 3.05) is 12.3 Å². The lowest BCUT2D eigenvalue weighted by atomic mass is 9.78. The van der Waals surface area contributed by atoms with E-state index in [4.69, 9.17) is 4.42 Å². The average molecular weight is 429 g/mol. The van der Waals surface area contributed by atoms with Crippen molar-refractivity contribution in [3.8, 4) is 11.5 Å². The molecular weight excluding hydrogens is 404 g/mol. The molecule has 1 N–H and O–H groups in total. The number of carbonyl (C=O) groups is 3. The summed E-state index contributed by atoms with van der Waals surface area (Å²) in [5.41, 5.74) is 2.21. The SMILES string of the molecule is Cc1ccc(-c2nnc(SCC(=O)N3CC(=O)NC(=O)C34CCCCC4)o2)cc1C. The average Bonchev–Trinajstić information content (AvgIpc) is 3.21. The number of hydrogen-bond donors (Lipinski definition) is 1. The van der Waals surface area contributed by atoms with Crippen LogP contribution in [0.25, 0.3) is 11.5 Å². The number of nitrogens with zero attached hydrogens (tertiary/aromatic N) is 3. The molecule has 8 nitrogen and oxygen atoms in total. The normalized spacial score (nSPS) is 18.5. The monoisotopic (exact) mass is 428 g/mol. The van der Waals surface area contributed by atoms with Gasteiger partial charge >= 0.3 is 0 Å². The fourth-order valence-electron chi connectivity index (χ4n) is 4.12. The summed E-state index contributed by atoms with van der Waals surface area (Å²) in [6.07, 6.45) is 3.92. The van der Waals surface area contributed by atoms with Crippen molar-refractivity contribution in [3.05, 3.63) is 29.3 Å². The minimum Gasteiger partial charge on any atom is -0.411 e. The quantitative estimate of drug-likeness (QED) is 0.589. The number of amides is 3. The minimum atomic E-state index is -0.913. The summed E-state index contributed by atoms with van der Waals surface area (Å²) in [6.45, 7) is 3.95. The first-order valence-electron chi connectivity index (χ1n) is 10.1. The second-order valence-electron chi connectivity index (χ2n) is 7.91. The first-order valence-corrected chi connectivity index (χ1v) is 11.1. The van der Waals surface area contributed by atoms with Gasteiger partial charge < -0.3 is 9.32 Å². The van der Waals surface area contributed by atoms with Crippen LogP contribution in [0.3, 0.4) is 0 Å². The van der Waals surface area contributed by atoms with Gasteiger partial charge in [0.25, 0.3) is 11.1 Å². The van der Waals surface area contributed by atoms with Gasteiger partial charge in [0, 0.05) is 5.56 Å². The fraction of sp³-hybridized carbons (Fsp3) is 0.476. The van der Waals surface area contributed by atoms with Crippen LogP contribution in [0.15, 0.2) is 27.8 Å². The molecule has 0 radical (unpaired) electrons. The zero-order chi connectivity index (χ0) is 21.3. The second-order valence-corrected chi connectivity index (χ2v) is 8.84. The molecule has 2 fully saturated rings. The van der Waals surface area contributed by atoms with Crippen LogP contribution in [0.5, 0.6) is 0 Å². The third-order valence-electron chi connectivity index (χ3n) is 5.96. The summed E-state index contributed by atoms with van der Waals surface area (Å²) in [5, 5.41) is 10.8. The molecule has 158 valence electrons. The van der Waals surface area contributed by atoms with Crippen molar-refractivity contribution < 1.29 is 18.8 Å². The summed E-state index contributed by atoms with van der Waals surface area (Å²) in [5.74, 6) is -0.645. The van der Waals surface area contributed by atoms with Crippen LogP contribution in [0.2, 0.25) is 0 Å². The van der Waals surface area contributed by atoms with Gasteiger partial charge in [-0.25, -0.2) is 0 Å². The van der Waals surface area contributed by atoms with Gasteiger partial charge in [0.2, 0.25) is 17.7 Å². The Morgan fingerprint density at radius 1 is 1.17 bits per heavy atom. The van der Waals surface area contributed by atoms with Crippen LogP contribution in [0, 0.1) is 13.8 Å². The van der Waals surface area contributed by atoms with Crippen LogP contribution in [0.4, 0.5) is 0 Å².